The Hall–Kier alpha value is -5.14. The zero-order chi connectivity index (χ0) is 30.6. The van der Waals surface area contributed by atoms with E-state index in [4.69, 9.17) is 15.7 Å². The average Bonchev–Trinajstić information content (AvgIpc) is 3.11. The molecular weight excluding hydrogens is 663 g/mol. The number of pyridine rings is 1. The third-order valence-electron chi connectivity index (χ3n) is 7.85. The molecule has 0 bridgehead atoms. The van der Waals surface area contributed by atoms with Crippen LogP contribution in [0.2, 0.25) is 0 Å². The third-order valence-corrected chi connectivity index (χ3v) is 8.85. The van der Waals surface area contributed by atoms with Gasteiger partial charge in [-0.05, 0) is 74.1 Å². The van der Waals surface area contributed by atoms with Gasteiger partial charge in [0, 0.05) is 29.1 Å². The molecule has 0 aliphatic carbocycles. The van der Waals surface area contributed by atoms with Gasteiger partial charge in [0.2, 0.25) is 0 Å². The molecule has 0 radical (unpaired) electrons. The molecule has 7 aromatic rings. The smallest absolute Gasteiger partial charge is 0.158 e. The number of rotatable bonds is 6. The number of fused-ring (bicyclic) bond motifs is 2. The molecule has 0 aliphatic rings. The van der Waals surface area contributed by atoms with Crippen molar-refractivity contribution in [3.05, 3.63) is 175 Å². The summed E-state index contributed by atoms with van der Waals surface area (Å²) in [6, 6.07) is 50.1. The zero-order valence-electron chi connectivity index (χ0n) is 24.4. The van der Waals surface area contributed by atoms with E-state index in [2.05, 4.69) is 106 Å². The first kappa shape index (κ1) is 28.6. The van der Waals surface area contributed by atoms with Crippen molar-refractivity contribution < 1.29 is 0 Å². The lowest BCUT2D eigenvalue weighted by Crippen LogP contribution is -2.16. The fourth-order valence-electron chi connectivity index (χ4n) is 5.68. The lowest BCUT2D eigenvalue weighted by molar-refractivity contribution is 1.07. The Bertz CT molecular complexity index is 2120. The Labute approximate surface area is 276 Å². The van der Waals surface area contributed by atoms with Gasteiger partial charge in [-0.25, -0.2) is 9.98 Å². The number of hydrogen-bond donors (Lipinski definition) is 1. The fraction of sp³-hybridized carbons (Fsp3) is 0.0250. The maximum absolute atomic E-state index is 6.51. The van der Waals surface area contributed by atoms with Crippen LogP contribution < -0.4 is 5.73 Å². The van der Waals surface area contributed by atoms with Crippen LogP contribution in [-0.4, -0.2) is 16.7 Å². The molecule has 0 saturated heterocycles. The summed E-state index contributed by atoms with van der Waals surface area (Å²) in [7, 11) is 0. The molecule has 0 fully saturated rings. The number of nitrogens with two attached hydrogens (primary N) is 1. The molecule has 2 N–H and O–H groups in total. The van der Waals surface area contributed by atoms with Crippen molar-refractivity contribution in [2.75, 3.05) is 0 Å². The largest absolute Gasteiger partial charge is 0.383 e. The first-order valence-corrected chi connectivity index (χ1v) is 16.0. The van der Waals surface area contributed by atoms with Gasteiger partial charge in [-0.3, -0.25) is 4.98 Å². The van der Waals surface area contributed by atoms with E-state index in [0.717, 1.165) is 33.4 Å². The van der Waals surface area contributed by atoms with E-state index >= 15 is 0 Å². The predicted octanol–water partition coefficient (Wildman–Crippen LogP) is 10.0. The molecule has 0 amide bonds. The molecule has 7 rings (SSSR count). The van der Waals surface area contributed by atoms with Gasteiger partial charge >= 0.3 is 0 Å². The normalized spacial score (nSPS) is 12.8. The molecule has 6 aromatic carbocycles. The summed E-state index contributed by atoms with van der Waals surface area (Å²) in [6.45, 7) is 0. The summed E-state index contributed by atoms with van der Waals surface area (Å²) in [6.07, 6.45) is 3.72. The van der Waals surface area contributed by atoms with Gasteiger partial charge < -0.3 is 5.73 Å². The highest BCUT2D eigenvalue weighted by atomic mass is 127. The second-order valence-electron chi connectivity index (χ2n) is 10.8. The number of aromatic nitrogens is 1. The Balaban J connectivity index is 1.43. The van der Waals surface area contributed by atoms with Gasteiger partial charge in [-0.15, -0.1) is 0 Å². The van der Waals surface area contributed by atoms with Gasteiger partial charge in [0.1, 0.15) is 9.88 Å². The molecule has 45 heavy (non-hydrogen) atoms. The summed E-state index contributed by atoms with van der Waals surface area (Å²) >= 11 is 2.41. The minimum absolute atomic E-state index is 0.248. The van der Waals surface area contributed by atoms with E-state index in [1.54, 1.807) is 6.20 Å². The predicted molar refractivity (Wildman–Crippen MR) is 197 cm³/mol. The van der Waals surface area contributed by atoms with Crippen LogP contribution in [-0.2, 0) is 0 Å². The lowest BCUT2D eigenvalue weighted by atomic mass is 9.89. The number of hydrogen-bond acceptors (Lipinski definition) is 2. The van der Waals surface area contributed by atoms with Crippen molar-refractivity contribution in [3.8, 4) is 22.3 Å². The number of halogens is 1. The zero-order valence-corrected chi connectivity index (χ0v) is 26.5. The molecule has 0 saturated carbocycles. The standard InChI is InChI=1S/C40H29IN4/c41-38(44-40(28-14-5-2-6-15-28)45-39(42)27-12-3-1-4-13-27)34-24-32(31-18-11-21-43-26-31)23-33(25-34)37-35-19-9-7-16-29(35)22-30-17-8-10-20-36(30)37/h1-26,38H,(H2,42,44,45). The number of amidine groups is 2. The van der Waals surface area contributed by atoms with Crippen LogP contribution in [0.5, 0.6) is 0 Å². The molecule has 4 nitrogen and oxygen atoms in total. The van der Waals surface area contributed by atoms with Gasteiger partial charge in [0.05, 0.1) is 0 Å². The van der Waals surface area contributed by atoms with Crippen molar-refractivity contribution in [2.24, 2.45) is 15.7 Å². The minimum Gasteiger partial charge on any atom is -0.383 e. The molecule has 1 unspecified atom stereocenters. The highest BCUT2D eigenvalue weighted by Crippen LogP contribution is 2.40. The average molecular weight is 693 g/mol. The van der Waals surface area contributed by atoms with Crippen LogP contribution in [0.25, 0.3) is 43.8 Å². The van der Waals surface area contributed by atoms with Crippen LogP contribution >= 0.6 is 22.6 Å². The number of nitrogens with zero attached hydrogens (tertiary/aromatic N) is 3. The van der Waals surface area contributed by atoms with E-state index in [9.17, 15) is 0 Å². The van der Waals surface area contributed by atoms with Gasteiger partial charge in [0.15, 0.2) is 5.84 Å². The van der Waals surface area contributed by atoms with Crippen molar-refractivity contribution in [1.29, 1.82) is 0 Å². The maximum atomic E-state index is 6.51. The SMILES string of the molecule is NC(=N/C(=N\C(I)c1cc(-c2cccnc2)cc(-c2c3ccccc3cc3ccccc23)c1)c1ccccc1)c1ccccc1. The Morgan fingerprint density at radius 3 is 1.84 bits per heavy atom. The van der Waals surface area contributed by atoms with Gasteiger partial charge in [-0.2, -0.15) is 0 Å². The molecule has 1 heterocycles. The topological polar surface area (TPSA) is 63.6 Å². The Kier molecular flexibility index (Phi) is 8.17. The minimum atomic E-state index is -0.248. The molecule has 5 heteroatoms. The fourth-order valence-corrected chi connectivity index (χ4v) is 6.31. The van der Waals surface area contributed by atoms with Crippen LogP contribution in [0.3, 0.4) is 0 Å². The lowest BCUT2D eigenvalue weighted by Gasteiger charge is -2.17. The third kappa shape index (κ3) is 6.12. The van der Waals surface area contributed by atoms with E-state index < -0.39 is 0 Å². The van der Waals surface area contributed by atoms with Crippen molar-refractivity contribution in [3.63, 3.8) is 0 Å². The van der Waals surface area contributed by atoms with Gasteiger partial charge in [-0.1, -0.05) is 138 Å². The molecule has 216 valence electrons. The highest BCUT2D eigenvalue weighted by Gasteiger charge is 2.17. The number of benzene rings is 6. The van der Waals surface area contributed by atoms with Crippen molar-refractivity contribution in [2.45, 2.75) is 4.05 Å². The highest BCUT2D eigenvalue weighted by molar-refractivity contribution is 14.1. The Morgan fingerprint density at radius 1 is 0.600 bits per heavy atom. The molecule has 1 atom stereocenters. The summed E-state index contributed by atoms with van der Waals surface area (Å²) in [5.41, 5.74) is 13.8. The molecular formula is C40H29IN4. The quantitative estimate of drug-likeness (QED) is 0.0471. The van der Waals surface area contributed by atoms with Crippen LogP contribution in [0, 0.1) is 0 Å². The summed E-state index contributed by atoms with van der Waals surface area (Å²) in [4.78, 5) is 14.5. The van der Waals surface area contributed by atoms with Crippen LogP contribution in [0.15, 0.2) is 168 Å². The second-order valence-corrected chi connectivity index (χ2v) is 12.0. The van der Waals surface area contributed by atoms with Crippen molar-refractivity contribution in [1.82, 2.24) is 4.98 Å². The first-order valence-electron chi connectivity index (χ1n) is 14.8. The van der Waals surface area contributed by atoms with Crippen LogP contribution in [0.1, 0.15) is 20.7 Å². The second kappa shape index (κ2) is 12.8. The molecule has 0 spiro atoms. The first-order chi connectivity index (χ1) is 22.1. The number of aliphatic imine (C=N–C) groups is 2. The molecule has 1 aromatic heterocycles. The molecule has 0 aliphatic heterocycles. The van der Waals surface area contributed by atoms with Gasteiger partial charge in [0.25, 0.3) is 0 Å². The summed E-state index contributed by atoms with van der Waals surface area (Å²) in [5, 5.41) is 4.84. The number of alkyl halides is 1. The van der Waals surface area contributed by atoms with E-state index in [0.29, 0.717) is 11.7 Å². The summed E-state index contributed by atoms with van der Waals surface area (Å²) < 4.78 is -0.248. The van der Waals surface area contributed by atoms with Crippen molar-refractivity contribution >= 4 is 55.8 Å². The monoisotopic (exact) mass is 692 g/mol. The maximum Gasteiger partial charge on any atom is 0.158 e. The summed E-state index contributed by atoms with van der Waals surface area (Å²) in [5.74, 6) is 1.01. The van der Waals surface area contributed by atoms with E-state index in [-0.39, 0.29) is 4.05 Å². The van der Waals surface area contributed by atoms with Crippen LogP contribution in [0.4, 0.5) is 0 Å². The van der Waals surface area contributed by atoms with E-state index in [1.807, 2.05) is 72.9 Å². The Morgan fingerprint density at radius 2 is 1.20 bits per heavy atom. The van der Waals surface area contributed by atoms with E-state index in [1.165, 1.54) is 27.1 Å².